The van der Waals surface area contributed by atoms with Crippen molar-refractivity contribution in [2.75, 3.05) is 19.0 Å². The Hall–Kier alpha value is -2.49. The summed E-state index contributed by atoms with van der Waals surface area (Å²) < 4.78 is 5.10. The van der Waals surface area contributed by atoms with E-state index in [-0.39, 0.29) is 11.9 Å². The molecular weight excluding hydrogens is 288 g/mol. The molecule has 0 bridgehead atoms. The summed E-state index contributed by atoms with van der Waals surface area (Å²) >= 11 is 0. The zero-order valence-corrected chi connectivity index (χ0v) is 13.9. The number of anilines is 1. The van der Waals surface area contributed by atoms with Crippen LogP contribution >= 0.6 is 0 Å². The number of nitrogens with one attached hydrogen (secondary N) is 2. The molecule has 2 aromatic carbocycles. The van der Waals surface area contributed by atoms with Crippen LogP contribution < -0.4 is 15.4 Å². The Morgan fingerprint density at radius 2 is 1.70 bits per heavy atom. The maximum Gasteiger partial charge on any atom is 0.251 e. The van der Waals surface area contributed by atoms with Crippen molar-refractivity contribution in [1.29, 1.82) is 0 Å². The first-order valence-electron chi connectivity index (χ1n) is 7.84. The lowest BCUT2D eigenvalue weighted by Gasteiger charge is -2.24. The number of carbonyl (C=O) groups is 1. The Balaban J connectivity index is 1.93. The SMILES string of the molecule is COc1ccc(C(=O)NC[C@@H](Nc2ccccc2)C(C)C)cc1. The van der Waals surface area contributed by atoms with Gasteiger partial charge in [0.25, 0.3) is 5.91 Å². The average molecular weight is 312 g/mol. The van der Waals surface area contributed by atoms with Crippen LogP contribution in [0.25, 0.3) is 0 Å². The van der Waals surface area contributed by atoms with Crippen LogP contribution in [0, 0.1) is 5.92 Å². The smallest absolute Gasteiger partial charge is 0.251 e. The number of methoxy groups -OCH3 is 1. The highest BCUT2D eigenvalue weighted by Gasteiger charge is 2.15. The second-order valence-corrected chi connectivity index (χ2v) is 5.80. The summed E-state index contributed by atoms with van der Waals surface area (Å²) in [5, 5.41) is 6.46. The van der Waals surface area contributed by atoms with Gasteiger partial charge in [0.15, 0.2) is 0 Å². The fraction of sp³-hybridized carbons (Fsp3) is 0.316. The molecule has 4 heteroatoms. The number of hydrogen-bond donors (Lipinski definition) is 2. The van der Waals surface area contributed by atoms with Gasteiger partial charge in [-0.2, -0.15) is 0 Å². The Morgan fingerprint density at radius 3 is 2.26 bits per heavy atom. The molecule has 0 aliphatic heterocycles. The number of hydrogen-bond acceptors (Lipinski definition) is 3. The summed E-state index contributed by atoms with van der Waals surface area (Å²) in [7, 11) is 1.61. The third kappa shape index (κ3) is 5.02. The van der Waals surface area contributed by atoms with Gasteiger partial charge >= 0.3 is 0 Å². The van der Waals surface area contributed by atoms with Crippen LogP contribution in [-0.2, 0) is 0 Å². The van der Waals surface area contributed by atoms with E-state index in [1.54, 1.807) is 31.4 Å². The molecule has 122 valence electrons. The van der Waals surface area contributed by atoms with E-state index in [1.807, 2.05) is 30.3 Å². The van der Waals surface area contributed by atoms with Gasteiger partial charge in [0.1, 0.15) is 5.75 Å². The molecule has 0 spiro atoms. The van der Waals surface area contributed by atoms with Crippen LogP contribution in [0.4, 0.5) is 5.69 Å². The number of para-hydroxylation sites is 1. The molecule has 1 amide bonds. The van der Waals surface area contributed by atoms with Gasteiger partial charge in [0.2, 0.25) is 0 Å². The van der Waals surface area contributed by atoms with E-state index in [0.717, 1.165) is 11.4 Å². The van der Waals surface area contributed by atoms with Gasteiger partial charge in [-0.05, 0) is 42.3 Å². The number of ether oxygens (including phenoxy) is 1. The van der Waals surface area contributed by atoms with E-state index in [4.69, 9.17) is 4.74 Å². The van der Waals surface area contributed by atoms with Crippen molar-refractivity contribution in [3.8, 4) is 5.75 Å². The topological polar surface area (TPSA) is 50.4 Å². The number of rotatable bonds is 7. The molecule has 2 aromatic rings. The predicted molar refractivity (Wildman–Crippen MR) is 94.0 cm³/mol. The van der Waals surface area contributed by atoms with Crippen LogP contribution in [0.2, 0.25) is 0 Å². The summed E-state index contributed by atoms with van der Waals surface area (Å²) in [6.07, 6.45) is 0. The summed E-state index contributed by atoms with van der Waals surface area (Å²) in [4.78, 5) is 12.2. The molecule has 0 aliphatic rings. The second kappa shape index (κ2) is 8.22. The lowest BCUT2D eigenvalue weighted by Crippen LogP contribution is -2.39. The summed E-state index contributed by atoms with van der Waals surface area (Å²) in [6, 6.07) is 17.3. The highest BCUT2D eigenvalue weighted by Crippen LogP contribution is 2.13. The van der Waals surface area contributed by atoms with Crippen LogP contribution in [0.15, 0.2) is 54.6 Å². The lowest BCUT2D eigenvalue weighted by atomic mass is 10.0. The molecule has 0 unspecified atom stereocenters. The molecule has 0 fully saturated rings. The molecule has 1 atom stereocenters. The Bertz CT molecular complexity index is 609. The lowest BCUT2D eigenvalue weighted by molar-refractivity contribution is 0.0950. The van der Waals surface area contributed by atoms with Crippen molar-refractivity contribution in [3.05, 3.63) is 60.2 Å². The maximum atomic E-state index is 12.2. The van der Waals surface area contributed by atoms with Crippen molar-refractivity contribution in [3.63, 3.8) is 0 Å². The molecule has 2 N–H and O–H groups in total. The molecule has 0 saturated heterocycles. The van der Waals surface area contributed by atoms with Gasteiger partial charge in [0.05, 0.1) is 7.11 Å². The molecule has 0 aliphatic carbocycles. The van der Waals surface area contributed by atoms with E-state index in [0.29, 0.717) is 18.0 Å². The van der Waals surface area contributed by atoms with Crippen LogP contribution in [0.1, 0.15) is 24.2 Å². The Labute approximate surface area is 137 Å². The normalized spacial score (nSPS) is 11.8. The largest absolute Gasteiger partial charge is 0.497 e. The van der Waals surface area contributed by atoms with Gasteiger partial charge < -0.3 is 15.4 Å². The van der Waals surface area contributed by atoms with Crippen molar-refractivity contribution in [2.45, 2.75) is 19.9 Å². The minimum absolute atomic E-state index is 0.0758. The van der Waals surface area contributed by atoms with Gasteiger partial charge in [-0.1, -0.05) is 32.0 Å². The molecule has 2 rings (SSSR count). The van der Waals surface area contributed by atoms with Crippen molar-refractivity contribution in [2.24, 2.45) is 5.92 Å². The first-order valence-corrected chi connectivity index (χ1v) is 7.84. The van der Waals surface area contributed by atoms with Crippen molar-refractivity contribution >= 4 is 11.6 Å². The number of benzene rings is 2. The molecule has 4 nitrogen and oxygen atoms in total. The third-order valence-corrected chi connectivity index (χ3v) is 3.77. The van der Waals surface area contributed by atoms with E-state index in [1.165, 1.54) is 0 Å². The fourth-order valence-corrected chi connectivity index (χ4v) is 2.25. The molecule has 0 heterocycles. The predicted octanol–water partition coefficient (Wildman–Crippen LogP) is 3.56. The van der Waals surface area contributed by atoms with Crippen LogP contribution in [0.3, 0.4) is 0 Å². The maximum absolute atomic E-state index is 12.2. The third-order valence-electron chi connectivity index (χ3n) is 3.77. The molecule has 0 aromatic heterocycles. The second-order valence-electron chi connectivity index (χ2n) is 5.80. The first-order chi connectivity index (χ1) is 11.1. The van der Waals surface area contributed by atoms with E-state index >= 15 is 0 Å². The highest BCUT2D eigenvalue weighted by atomic mass is 16.5. The van der Waals surface area contributed by atoms with Gasteiger partial charge in [-0.3, -0.25) is 4.79 Å². The summed E-state index contributed by atoms with van der Waals surface area (Å²) in [6.45, 7) is 4.84. The minimum Gasteiger partial charge on any atom is -0.497 e. The van der Waals surface area contributed by atoms with Crippen molar-refractivity contribution in [1.82, 2.24) is 5.32 Å². The van der Waals surface area contributed by atoms with E-state index in [2.05, 4.69) is 24.5 Å². The Kier molecular flexibility index (Phi) is 6.03. The average Bonchev–Trinajstić information content (AvgIpc) is 2.59. The number of carbonyl (C=O) groups excluding carboxylic acids is 1. The van der Waals surface area contributed by atoms with E-state index in [9.17, 15) is 4.79 Å². The minimum atomic E-state index is -0.0758. The molecule has 0 saturated carbocycles. The monoisotopic (exact) mass is 312 g/mol. The van der Waals surface area contributed by atoms with Crippen LogP contribution in [0.5, 0.6) is 5.75 Å². The quantitative estimate of drug-likeness (QED) is 0.822. The van der Waals surface area contributed by atoms with Gasteiger partial charge in [0, 0.05) is 23.8 Å². The summed E-state index contributed by atoms with van der Waals surface area (Å²) in [5.74, 6) is 1.06. The molecular formula is C19H24N2O2. The fourth-order valence-electron chi connectivity index (χ4n) is 2.25. The number of amides is 1. The summed E-state index contributed by atoms with van der Waals surface area (Å²) in [5.41, 5.74) is 1.69. The van der Waals surface area contributed by atoms with E-state index < -0.39 is 0 Å². The molecule has 23 heavy (non-hydrogen) atoms. The first kappa shape index (κ1) is 16.9. The zero-order chi connectivity index (χ0) is 16.7. The van der Waals surface area contributed by atoms with Crippen molar-refractivity contribution < 1.29 is 9.53 Å². The Morgan fingerprint density at radius 1 is 1.04 bits per heavy atom. The highest BCUT2D eigenvalue weighted by molar-refractivity contribution is 5.94. The van der Waals surface area contributed by atoms with Crippen LogP contribution in [-0.4, -0.2) is 25.6 Å². The van der Waals surface area contributed by atoms with Gasteiger partial charge in [-0.15, -0.1) is 0 Å². The van der Waals surface area contributed by atoms with Gasteiger partial charge in [-0.25, -0.2) is 0 Å². The molecule has 0 radical (unpaired) electrons. The standard InChI is InChI=1S/C19H24N2O2/c1-14(2)18(21-16-7-5-4-6-8-16)13-20-19(22)15-9-11-17(23-3)12-10-15/h4-12,14,18,21H,13H2,1-3H3,(H,20,22)/t18-/m1/s1. The zero-order valence-electron chi connectivity index (χ0n) is 13.9.